The van der Waals surface area contributed by atoms with E-state index in [1.807, 2.05) is 30.3 Å². The van der Waals surface area contributed by atoms with Crippen molar-refractivity contribution in [2.45, 2.75) is 31.1 Å². The maximum absolute atomic E-state index is 10.2. The van der Waals surface area contributed by atoms with E-state index in [0.717, 1.165) is 5.56 Å². The van der Waals surface area contributed by atoms with Crippen LogP contribution in [0.4, 0.5) is 5.82 Å². The first-order valence-electron chi connectivity index (χ1n) is 7.95. The molecule has 4 rings (SSSR count). The number of hydrogen-bond acceptors (Lipinski definition) is 7. The molecule has 0 saturated carbocycles. The van der Waals surface area contributed by atoms with E-state index < -0.39 is 24.5 Å². The number of aliphatic hydroxyl groups excluding tert-OH is 2. The van der Waals surface area contributed by atoms with Crippen LogP contribution in [-0.2, 0) is 11.3 Å². The molecule has 2 aromatic heterocycles. The van der Waals surface area contributed by atoms with E-state index in [2.05, 4.69) is 27.2 Å². The van der Waals surface area contributed by atoms with Gasteiger partial charge in [-0.25, -0.2) is 15.0 Å². The van der Waals surface area contributed by atoms with E-state index in [-0.39, 0.29) is 0 Å². The molecule has 0 amide bonds. The van der Waals surface area contributed by atoms with Gasteiger partial charge < -0.3 is 20.3 Å². The molecule has 1 unspecified atom stereocenters. The first-order chi connectivity index (χ1) is 12.1. The van der Waals surface area contributed by atoms with Gasteiger partial charge in [0.15, 0.2) is 23.2 Å². The molecule has 0 bridgehead atoms. The summed E-state index contributed by atoms with van der Waals surface area (Å²) in [5.41, 5.74) is 2.19. The number of aliphatic hydroxyl groups is 2. The number of nitrogens with zero attached hydrogens (tertiary/aromatic N) is 4. The highest BCUT2D eigenvalue weighted by atomic mass is 16.6. The lowest BCUT2D eigenvalue weighted by atomic mass is 10.1. The minimum absolute atomic E-state index is 0.510. The Morgan fingerprint density at radius 1 is 1.12 bits per heavy atom. The van der Waals surface area contributed by atoms with Crippen LogP contribution in [0.2, 0.25) is 0 Å². The smallest absolute Gasteiger partial charge is 0.167 e. The molecule has 0 aliphatic carbocycles. The summed E-state index contributed by atoms with van der Waals surface area (Å²) in [7, 11) is 0. The summed E-state index contributed by atoms with van der Waals surface area (Å²) in [6.45, 7) is 4.28. The van der Waals surface area contributed by atoms with Gasteiger partial charge in [-0.05, 0) is 12.5 Å². The quantitative estimate of drug-likeness (QED) is 0.648. The molecule has 3 aromatic rings. The summed E-state index contributed by atoms with van der Waals surface area (Å²) >= 11 is 0. The molecule has 3 heterocycles. The second-order valence-electron chi connectivity index (χ2n) is 5.93. The predicted molar refractivity (Wildman–Crippen MR) is 90.4 cm³/mol. The fourth-order valence-electron chi connectivity index (χ4n) is 2.91. The number of benzene rings is 1. The van der Waals surface area contributed by atoms with Crippen molar-refractivity contribution in [1.29, 1.82) is 0 Å². The maximum atomic E-state index is 10.2. The Kier molecular flexibility index (Phi) is 4.08. The third-order valence-corrected chi connectivity index (χ3v) is 4.27. The van der Waals surface area contributed by atoms with Crippen LogP contribution < -0.4 is 5.32 Å². The monoisotopic (exact) mass is 340 g/mol. The molecular weight excluding hydrogens is 322 g/mol. The van der Waals surface area contributed by atoms with Crippen molar-refractivity contribution in [2.75, 3.05) is 5.32 Å². The standard InChI is InChI=1S/C17H18N5O3/c1-10-13(23)14(24)17(25-10)22-9-21-12-15(19-8-20-16(12)22)18-7-11-5-3-2-4-6-11/h2-6,8-10,13-14,17,23-24H,1,7H2,(H,18,19,20)/t10-,13-,14-,17?/m0/s1. The number of fused-ring (bicyclic) bond motifs is 1. The highest BCUT2D eigenvalue weighted by Crippen LogP contribution is 2.31. The topological polar surface area (TPSA) is 105 Å². The molecule has 0 spiro atoms. The summed E-state index contributed by atoms with van der Waals surface area (Å²) in [6, 6.07) is 9.94. The highest BCUT2D eigenvalue weighted by Gasteiger charge is 2.42. The van der Waals surface area contributed by atoms with Crippen LogP contribution in [-0.4, -0.2) is 48.0 Å². The van der Waals surface area contributed by atoms with E-state index >= 15 is 0 Å². The molecule has 3 N–H and O–H groups in total. The molecule has 4 atom stereocenters. The summed E-state index contributed by atoms with van der Waals surface area (Å²) in [6.07, 6.45) is -0.719. The predicted octanol–water partition coefficient (Wildman–Crippen LogP) is 0.892. The Morgan fingerprint density at radius 3 is 2.64 bits per heavy atom. The molecule has 8 heteroatoms. The zero-order valence-corrected chi connectivity index (χ0v) is 13.4. The molecular formula is C17H18N5O3. The third-order valence-electron chi connectivity index (χ3n) is 4.27. The highest BCUT2D eigenvalue weighted by molar-refractivity contribution is 5.82. The summed E-state index contributed by atoms with van der Waals surface area (Å²) < 4.78 is 7.13. The van der Waals surface area contributed by atoms with Crippen LogP contribution in [0.15, 0.2) is 43.0 Å². The van der Waals surface area contributed by atoms with E-state index in [1.165, 1.54) is 12.7 Å². The van der Waals surface area contributed by atoms with Crippen molar-refractivity contribution in [3.05, 3.63) is 55.5 Å². The molecule has 1 fully saturated rings. The van der Waals surface area contributed by atoms with Crippen LogP contribution in [0.5, 0.6) is 0 Å². The van der Waals surface area contributed by atoms with E-state index in [0.29, 0.717) is 23.5 Å². The van der Waals surface area contributed by atoms with Crippen molar-refractivity contribution in [3.8, 4) is 0 Å². The van der Waals surface area contributed by atoms with Crippen LogP contribution in [0.3, 0.4) is 0 Å². The Hall–Kier alpha value is -2.55. The van der Waals surface area contributed by atoms with Crippen LogP contribution in [0.1, 0.15) is 11.8 Å². The zero-order chi connectivity index (χ0) is 17.4. The first kappa shape index (κ1) is 15.9. The maximum Gasteiger partial charge on any atom is 0.167 e. The first-order valence-corrected chi connectivity index (χ1v) is 7.95. The van der Waals surface area contributed by atoms with Gasteiger partial charge in [-0.1, -0.05) is 30.3 Å². The second-order valence-corrected chi connectivity index (χ2v) is 5.93. The SMILES string of the molecule is [CH2][C@@H]1OC(n2cnc3c(NCc4ccccc4)ncnc32)[C@@H](O)[C@H]1O. The van der Waals surface area contributed by atoms with Gasteiger partial charge in [0.25, 0.3) is 0 Å². The Labute approximate surface area is 144 Å². The number of aromatic nitrogens is 4. The van der Waals surface area contributed by atoms with Gasteiger partial charge in [0.1, 0.15) is 18.5 Å². The van der Waals surface area contributed by atoms with Gasteiger partial charge in [-0.15, -0.1) is 0 Å². The second kappa shape index (κ2) is 6.40. The lowest BCUT2D eigenvalue weighted by molar-refractivity contribution is -0.0249. The molecule has 25 heavy (non-hydrogen) atoms. The number of rotatable bonds is 4. The van der Waals surface area contributed by atoms with Gasteiger partial charge in [0.05, 0.1) is 12.4 Å². The largest absolute Gasteiger partial charge is 0.388 e. The third kappa shape index (κ3) is 2.84. The van der Waals surface area contributed by atoms with E-state index in [4.69, 9.17) is 4.74 Å². The van der Waals surface area contributed by atoms with Crippen molar-refractivity contribution in [2.24, 2.45) is 0 Å². The van der Waals surface area contributed by atoms with Crippen LogP contribution in [0.25, 0.3) is 11.2 Å². The number of ether oxygens (including phenoxy) is 1. The summed E-state index contributed by atoms with van der Waals surface area (Å²) in [5, 5.41) is 23.3. The lowest BCUT2D eigenvalue weighted by Crippen LogP contribution is -2.30. The minimum atomic E-state index is -1.10. The minimum Gasteiger partial charge on any atom is -0.388 e. The fraction of sp³-hybridized carbons (Fsp3) is 0.294. The van der Waals surface area contributed by atoms with Crippen molar-refractivity contribution in [1.82, 2.24) is 19.5 Å². The van der Waals surface area contributed by atoms with Gasteiger partial charge in [-0.3, -0.25) is 4.57 Å². The Bertz CT molecular complexity index is 869. The summed E-state index contributed by atoms with van der Waals surface area (Å²) in [4.78, 5) is 12.8. The van der Waals surface area contributed by atoms with Gasteiger partial charge in [0.2, 0.25) is 0 Å². The molecule has 1 aliphatic rings. The molecule has 1 saturated heterocycles. The molecule has 1 radical (unpaired) electrons. The van der Waals surface area contributed by atoms with E-state index in [9.17, 15) is 10.2 Å². The zero-order valence-electron chi connectivity index (χ0n) is 13.4. The van der Waals surface area contributed by atoms with Crippen molar-refractivity contribution >= 4 is 17.0 Å². The molecule has 129 valence electrons. The average molecular weight is 340 g/mol. The van der Waals surface area contributed by atoms with Gasteiger partial charge in [-0.2, -0.15) is 0 Å². The average Bonchev–Trinajstić information content (AvgIpc) is 3.18. The lowest BCUT2D eigenvalue weighted by Gasteiger charge is -2.16. The number of anilines is 1. The normalized spacial score (nSPS) is 26.2. The number of imidazole rings is 1. The molecule has 1 aliphatic heterocycles. The summed E-state index contributed by atoms with van der Waals surface area (Å²) in [5.74, 6) is 0.590. The fourth-order valence-corrected chi connectivity index (χ4v) is 2.91. The van der Waals surface area contributed by atoms with E-state index in [1.54, 1.807) is 4.57 Å². The van der Waals surface area contributed by atoms with Crippen molar-refractivity contribution < 1.29 is 14.9 Å². The van der Waals surface area contributed by atoms with Gasteiger partial charge >= 0.3 is 0 Å². The van der Waals surface area contributed by atoms with Crippen LogP contribution in [0, 0.1) is 6.92 Å². The Balaban J connectivity index is 1.62. The molecule has 8 nitrogen and oxygen atoms in total. The van der Waals surface area contributed by atoms with Gasteiger partial charge in [0, 0.05) is 6.54 Å². The van der Waals surface area contributed by atoms with Crippen LogP contribution >= 0.6 is 0 Å². The molecule has 1 aromatic carbocycles. The Morgan fingerprint density at radius 2 is 1.92 bits per heavy atom. The number of nitrogens with one attached hydrogen (secondary N) is 1. The van der Waals surface area contributed by atoms with Crippen molar-refractivity contribution in [3.63, 3.8) is 0 Å². The number of hydrogen-bond donors (Lipinski definition) is 3.